The molecule has 11 heteroatoms. The van der Waals surface area contributed by atoms with Crippen LogP contribution in [0.2, 0.25) is 0 Å². The van der Waals surface area contributed by atoms with E-state index in [1.807, 2.05) is 13.0 Å². The summed E-state index contributed by atoms with van der Waals surface area (Å²) in [6.07, 6.45) is 4.02. The molecule has 0 spiro atoms. The van der Waals surface area contributed by atoms with E-state index in [9.17, 15) is 18.0 Å². The standard InChI is InChI=1S/C25H20F3N5O2S/c1-2-22-29-15-13-21(33-22)20-4-3-14-30-23(20)35-18-9-5-16(6-10-18)31-24(34)32-17-7-11-19(12-8-17)36-25(26,27)28/h3-15H,2H2,1H3,(H2,31,32,34). The Labute approximate surface area is 209 Å². The molecule has 184 valence electrons. The summed E-state index contributed by atoms with van der Waals surface area (Å²) < 4.78 is 43.3. The first-order valence-electron chi connectivity index (χ1n) is 10.8. The number of hydrogen-bond donors (Lipinski definition) is 2. The van der Waals surface area contributed by atoms with Crippen LogP contribution in [0.5, 0.6) is 11.6 Å². The van der Waals surface area contributed by atoms with Gasteiger partial charge in [-0.3, -0.25) is 0 Å². The van der Waals surface area contributed by atoms with Gasteiger partial charge in [0, 0.05) is 35.1 Å². The molecule has 2 aromatic carbocycles. The van der Waals surface area contributed by atoms with Gasteiger partial charge in [0.15, 0.2) is 0 Å². The highest BCUT2D eigenvalue weighted by molar-refractivity contribution is 8.00. The lowest BCUT2D eigenvalue weighted by molar-refractivity contribution is -0.0328. The largest absolute Gasteiger partial charge is 0.446 e. The van der Waals surface area contributed by atoms with E-state index in [0.29, 0.717) is 40.9 Å². The molecule has 7 nitrogen and oxygen atoms in total. The van der Waals surface area contributed by atoms with Gasteiger partial charge in [-0.1, -0.05) is 6.92 Å². The second-order valence-electron chi connectivity index (χ2n) is 7.35. The molecular weight excluding hydrogens is 491 g/mol. The number of nitrogens with zero attached hydrogens (tertiary/aromatic N) is 3. The molecule has 2 N–H and O–H groups in total. The topological polar surface area (TPSA) is 89.0 Å². The van der Waals surface area contributed by atoms with Gasteiger partial charge in [0.05, 0.1) is 11.3 Å². The number of aryl methyl sites for hydroxylation is 1. The van der Waals surface area contributed by atoms with Crippen LogP contribution in [0.4, 0.5) is 29.3 Å². The minimum absolute atomic E-state index is 0.0330. The highest BCUT2D eigenvalue weighted by Crippen LogP contribution is 2.37. The highest BCUT2D eigenvalue weighted by atomic mass is 32.2. The van der Waals surface area contributed by atoms with E-state index in [2.05, 4.69) is 25.6 Å². The SMILES string of the molecule is CCc1nccc(-c2cccnc2Oc2ccc(NC(=O)Nc3ccc(SC(F)(F)F)cc3)cc2)n1. The number of benzene rings is 2. The average molecular weight is 512 g/mol. The van der Waals surface area contributed by atoms with Gasteiger partial charge in [0.2, 0.25) is 5.88 Å². The zero-order chi connectivity index (χ0) is 25.5. The minimum Gasteiger partial charge on any atom is -0.438 e. The molecule has 0 radical (unpaired) electrons. The number of anilines is 2. The molecule has 2 aromatic heterocycles. The Kier molecular flexibility index (Phi) is 7.69. The number of aromatic nitrogens is 3. The molecule has 2 heterocycles. The van der Waals surface area contributed by atoms with Gasteiger partial charge in [-0.15, -0.1) is 0 Å². The van der Waals surface area contributed by atoms with E-state index in [0.717, 1.165) is 5.56 Å². The van der Waals surface area contributed by atoms with Crippen molar-refractivity contribution >= 4 is 29.2 Å². The van der Waals surface area contributed by atoms with Crippen molar-refractivity contribution in [1.29, 1.82) is 0 Å². The van der Waals surface area contributed by atoms with Gasteiger partial charge in [0.1, 0.15) is 11.6 Å². The fourth-order valence-corrected chi connectivity index (χ4v) is 3.68. The summed E-state index contributed by atoms with van der Waals surface area (Å²) in [7, 11) is 0. The zero-order valence-electron chi connectivity index (χ0n) is 18.9. The molecule has 0 aliphatic heterocycles. The van der Waals surface area contributed by atoms with Gasteiger partial charge in [-0.05, 0) is 78.5 Å². The number of thioether (sulfide) groups is 1. The average Bonchev–Trinajstić information content (AvgIpc) is 2.86. The zero-order valence-corrected chi connectivity index (χ0v) is 19.7. The Balaban J connectivity index is 1.38. The lowest BCUT2D eigenvalue weighted by Crippen LogP contribution is -2.19. The van der Waals surface area contributed by atoms with Crippen molar-refractivity contribution in [3.63, 3.8) is 0 Å². The van der Waals surface area contributed by atoms with Crippen molar-refractivity contribution in [3.8, 4) is 22.9 Å². The number of carbonyl (C=O) groups is 1. The summed E-state index contributed by atoms with van der Waals surface area (Å²) in [4.78, 5) is 25.4. The van der Waals surface area contributed by atoms with Crippen LogP contribution < -0.4 is 15.4 Å². The van der Waals surface area contributed by atoms with Gasteiger partial charge in [-0.25, -0.2) is 19.7 Å². The molecule has 0 aliphatic carbocycles. The molecule has 0 atom stereocenters. The third kappa shape index (κ3) is 6.95. The third-order valence-corrected chi connectivity index (χ3v) is 5.48. The summed E-state index contributed by atoms with van der Waals surface area (Å²) in [5.41, 5.74) is -2.10. The van der Waals surface area contributed by atoms with Crippen molar-refractivity contribution in [3.05, 3.63) is 84.9 Å². The number of halogens is 3. The Morgan fingerprint density at radius 1 is 0.917 bits per heavy atom. The first kappa shape index (κ1) is 25.0. The van der Waals surface area contributed by atoms with Crippen LogP contribution >= 0.6 is 11.8 Å². The Hall–Kier alpha value is -4.12. The number of urea groups is 1. The Morgan fingerprint density at radius 3 is 2.22 bits per heavy atom. The molecular formula is C25H20F3N5O2S. The number of nitrogens with one attached hydrogen (secondary N) is 2. The molecule has 4 aromatic rings. The number of hydrogen-bond acceptors (Lipinski definition) is 6. The van der Waals surface area contributed by atoms with Gasteiger partial charge < -0.3 is 15.4 Å². The van der Waals surface area contributed by atoms with Crippen LogP contribution in [0, 0.1) is 0 Å². The fourth-order valence-electron chi connectivity index (χ4n) is 3.14. The van der Waals surface area contributed by atoms with Crippen LogP contribution in [-0.4, -0.2) is 26.5 Å². The van der Waals surface area contributed by atoms with E-state index >= 15 is 0 Å². The van der Waals surface area contributed by atoms with E-state index in [1.165, 1.54) is 24.3 Å². The van der Waals surface area contributed by atoms with E-state index in [-0.39, 0.29) is 16.7 Å². The summed E-state index contributed by atoms with van der Waals surface area (Å²) in [5.74, 6) is 1.60. The summed E-state index contributed by atoms with van der Waals surface area (Å²) in [6.45, 7) is 1.98. The van der Waals surface area contributed by atoms with Gasteiger partial charge in [-0.2, -0.15) is 13.2 Å². The van der Waals surface area contributed by atoms with Crippen LogP contribution in [0.25, 0.3) is 11.3 Å². The van der Waals surface area contributed by atoms with E-state index in [4.69, 9.17) is 4.74 Å². The number of rotatable bonds is 7. The van der Waals surface area contributed by atoms with Gasteiger partial charge in [0.25, 0.3) is 0 Å². The second-order valence-corrected chi connectivity index (χ2v) is 8.48. The fraction of sp³-hybridized carbons (Fsp3) is 0.120. The normalized spacial score (nSPS) is 11.1. The smallest absolute Gasteiger partial charge is 0.438 e. The molecule has 36 heavy (non-hydrogen) atoms. The maximum atomic E-state index is 12.4. The highest BCUT2D eigenvalue weighted by Gasteiger charge is 2.29. The van der Waals surface area contributed by atoms with Gasteiger partial charge >= 0.3 is 11.5 Å². The quantitative estimate of drug-likeness (QED) is 0.256. The molecule has 0 fully saturated rings. The Bertz CT molecular complexity index is 1330. The van der Waals surface area contributed by atoms with Crippen LogP contribution in [0.3, 0.4) is 0 Å². The summed E-state index contributed by atoms with van der Waals surface area (Å²) >= 11 is -0.217. The van der Waals surface area contributed by atoms with Crippen molar-refractivity contribution in [2.24, 2.45) is 0 Å². The maximum Gasteiger partial charge on any atom is 0.446 e. The third-order valence-electron chi connectivity index (χ3n) is 4.74. The summed E-state index contributed by atoms with van der Waals surface area (Å²) in [5, 5.41) is 5.24. The van der Waals surface area contributed by atoms with Crippen LogP contribution in [0.15, 0.2) is 84.0 Å². The van der Waals surface area contributed by atoms with Crippen molar-refractivity contribution in [2.75, 3.05) is 10.6 Å². The van der Waals surface area contributed by atoms with Crippen molar-refractivity contribution in [1.82, 2.24) is 15.0 Å². The first-order valence-corrected chi connectivity index (χ1v) is 11.6. The molecule has 0 aliphatic rings. The second kappa shape index (κ2) is 11.1. The molecule has 0 saturated heterocycles. The lowest BCUT2D eigenvalue weighted by atomic mass is 10.2. The number of carbonyl (C=O) groups excluding carboxylic acids is 1. The van der Waals surface area contributed by atoms with E-state index in [1.54, 1.807) is 48.8 Å². The molecule has 0 bridgehead atoms. The number of pyridine rings is 1. The minimum atomic E-state index is -4.37. The monoisotopic (exact) mass is 511 g/mol. The number of ether oxygens (including phenoxy) is 1. The lowest BCUT2D eigenvalue weighted by Gasteiger charge is -2.11. The number of alkyl halides is 3. The van der Waals surface area contributed by atoms with Crippen LogP contribution in [-0.2, 0) is 6.42 Å². The van der Waals surface area contributed by atoms with Crippen LogP contribution in [0.1, 0.15) is 12.7 Å². The maximum absolute atomic E-state index is 12.4. The molecule has 2 amide bonds. The summed E-state index contributed by atoms with van der Waals surface area (Å²) in [6, 6.07) is 16.9. The first-order chi connectivity index (χ1) is 17.3. The molecule has 0 saturated carbocycles. The molecule has 0 unspecified atom stereocenters. The Morgan fingerprint density at radius 2 is 1.58 bits per heavy atom. The molecule has 4 rings (SSSR count). The predicted octanol–water partition coefficient (Wildman–Crippen LogP) is 7.15. The van der Waals surface area contributed by atoms with E-state index < -0.39 is 11.5 Å². The van der Waals surface area contributed by atoms with Crippen molar-refractivity contribution in [2.45, 2.75) is 23.7 Å². The number of amides is 2. The predicted molar refractivity (Wildman–Crippen MR) is 132 cm³/mol. The van der Waals surface area contributed by atoms with Crippen molar-refractivity contribution < 1.29 is 22.7 Å².